The van der Waals surface area contributed by atoms with Crippen molar-refractivity contribution in [1.82, 2.24) is 10.0 Å². The molecule has 1 aliphatic rings. The van der Waals surface area contributed by atoms with Crippen molar-refractivity contribution in [2.24, 2.45) is 5.92 Å². The van der Waals surface area contributed by atoms with E-state index in [1.165, 1.54) is 0 Å². The zero-order chi connectivity index (χ0) is 14.8. The van der Waals surface area contributed by atoms with Crippen LogP contribution in [0.2, 0.25) is 0 Å². The molecule has 112 valence electrons. The van der Waals surface area contributed by atoms with Crippen molar-refractivity contribution in [2.75, 3.05) is 19.6 Å². The van der Waals surface area contributed by atoms with Crippen LogP contribution in [0.5, 0.6) is 0 Å². The Labute approximate surface area is 115 Å². The number of sulfonamides is 1. The van der Waals surface area contributed by atoms with E-state index in [1.54, 1.807) is 0 Å². The van der Waals surface area contributed by atoms with Crippen LogP contribution in [0.4, 0.5) is 13.2 Å². The lowest BCUT2D eigenvalue weighted by Crippen LogP contribution is -2.38. The van der Waals surface area contributed by atoms with Gasteiger partial charge in [0.05, 0.1) is 0 Å². The molecular formula is C12H15F3N2O2S. The summed E-state index contributed by atoms with van der Waals surface area (Å²) in [7, 11) is -4.19. The molecule has 1 atom stereocenters. The molecular weight excluding hydrogens is 293 g/mol. The first-order valence-electron chi connectivity index (χ1n) is 6.25. The van der Waals surface area contributed by atoms with E-state index in [9.17, 15) is 21.6 Å². The molecule has 1 unspecified atom stereocenters. The molecule has 0 saturated carbocycles. The molecule has 0 spiro atoms. The van der Waals surface area contributed by atoms with Crippen LogP contribution in [0.25, 0.3) is 0 Å². The third-order valence-corrected chi connectivity index (χ3v) is 4.66. The lowest BCUT2D eigenvalue weighted by atomic mass is 10.0. The van der Waals surface area contributed by atoms with Gasteiger partial charge in [-0.15, -0.1) is 0 Å². The molecule has 0 amide bonds. The Bertz CT molecular complexity index is 587. The number of benzene rings is 1. The first-order chi connectivity index (χ1) is 9.40. The van der Waals surface area contributed by atoms with Gasteiger partial charge in [-0.05, 0) is 37.9 Å². The second kappa shape index (κ2) is 6.11. The largest absolute Gasteiger partial charge is 0.316 e. The predicted molar refractivity (Wildman–Crippen MR) is 67.1 cm³/mol. The topological polar surface area (TPSA) is 58.2 Å². The van der Waals surface area contributed by atoms with E-state index >= 15 is 0 Å². The molecule has 20 heavy (non-hydrogen) atoms. The Morgan fingerprint density at radius 2 is 1.90 bits per heavy atom. The summed E-state index contributed by atoms with van der Waals surface area (Å²) in [5, 5.41) is 3.12. The fraction of sp³-hybridized carbons (Fsp3) is 0.500. The van der Waals surface area contributed by atoms with E-state index in [0.29, 0.717) is 12.6 Å². The number of hydrogen-bond donors (Lipinski definition) is 2. The van der Waals surface area contributed by atoms with Crippen LogP contribution in [0.3, 0.4) is 0 Å². The van der Waals surface area contributed by atoms with Crippen LogP contribution in [-0.2, 0) is 10.0 Å². The molecule has 2 rings (SSSR count). The summed E-state index contributed by atoms with van der Waals surface area (Å²) >= 11 is 0. The van der Waals surface area contributed by atoms with Gasteiger partial charge in [0.15, 0.2) is 11.6 Å². The zero-order valence-corrected chi connectivity index (χ0v) is 11.4. The highest BCUT2D eigenvalue weighted by Crippen LogP contribution is 2.19. The molecule has 0 radical (unpaired) electrons. The van der Waals surface area contributed by atoms with E-state index in [1.807, 2.05) is 0 Å². The van der Waals surface area contributed by atoms with E-state index in [0.717, 1.165) is 19.4 Å². The summed E-state index contributed by atoms with van der Waals surface area (Å²) in [6.45, 7) is 1.69. The molecule has 0 aromatic heterocycles. The van der Waals surface area contributed by atoms with Crippen molar-refractivity contribution in [1.29, 1.82) is 0 Å². The first-order valence-corrected chi connectivity index (χ1v) is 7.73. The van der Waals surface area contributed by atoms with E-state index in [2.05, 4.69) is 10.0 Å². The van der Waals surface area contributed by atoms with Gasteiger partial charge in [-0.25, -0.2) is 26.3 Å². The van der Waals surface area contributed by atoms with E-state index in [4.69, 9.17) is 0 Å². The van der Waals surface area contributed by atoms with Gasteiger partial charge in [-0.2, -0.15) is 0 Å². The number of rotatable bonds is 4. The molecule has 0 aliphatic carbocycles. The van der Waals surface area contributed by atoms with Crippen LogP contribution >= 0.6 is 0 Å². The maximum Gasteiger partial charge on any atom is 0.243 e. The first kappa shape index (κ1) is 15.3. The fourth-order valence-corrected chi connectivity index (χ4v) is 3.30. The lowest BCUT2D eigenvalue weighted by Gasteiger charge is -2.22. The molecule has 0 bridgehead atoms. The highest BCUT2D eigenvalue weighted by molar-refractivity contribution is 7.89. The van der Waals surface area contributed by atoms with Crippen molar-refractivity contribution in [2.45, 2.75) is 17.7 Å². The third-order valence-electron chi connectivity index (χ3n) is 3.23. The van der Waals surface area contributed by atoms with Crippen LogP contribution in [0.1, 0.15) is 12.8 Å². The Hall–Kier alpha value is -1.12. The zero-order valence-electron chi connectivity index (χ0n) is 10.6. The Morgan fingerprint density at radius 1 is 1.20 bits per heavy atom. The summed E-state index contributed by atoms with van der Waals surface area (Å²) in [6.07, 6.45) is 1.79. The van der Waals surface area contributed by atoms with Crippen LogP contribution in [-0.4, -0.2) is 28.1 Å². The minimum atomic E-state index is -4.19. The average molecular weight is 308 g/mol. The van der Waals surface area contributed by atoms with Gasteiger partial charge in [0.1, 0.15) is 10.7 Å². The van der Waals surface area contributed by atoms with Crippen LogP contribution in [0.15, 0.2) is 17.0 Å². The van der Waals surface area contributed by atoms with E-state index < -0.39 is 32.4 Å². The average Bonchev–Trinajstić information content (AvgIpc) is 2.42. The molecule has 1 saturated heterocycles. The molecule has 2 N–H and O–H groups in total. The SMILES string of the molecule is O=S(=O)(NCC1CCCNC1)c1cc(F)c(F)cc1F. The van der Waals surface area contributed by atoms with Crippen molar-refractivity contribution in [3.8, 4) is 0 Å². The number of nitrogens with one attached hydrogen (secondary N) is 2. The summed E-state index contributed by atoms with van der Waals surface area (Å²) in [5.41, 5.74) is 0. The monoisotopic (exact) mass is 308 g/mol. The lowest BCUT2D eigenvalue weighted by molar-refractivity contribution is 0.375. The molecule has 1 aromatic rings. The maximum absolute atomic E-state index is 13.5. The van der Waals surface area contributed by atoms with Gasteiger partial charge in [-0.1, -0.05) is 0 Å². The van der Waals surface area contributed by atoms with Crippen molar-refractivity contribution >= 4 is 10.0 Å². The summed E-state index contributed by atoms with van der Waals surface area (Å²) in [6, 6.07) is 0.582. The van der Waals surface area contributed by atoms with Gasteiger partial charge in [0, 0.05) is 12.6 Å². The quantitative estimate of drug-likeness (QED) is 0.826. The van der Waals surface area contributed by atoms with Crippen LogP contribution < -0.4 is 10.0 Å². The molecule has 1 heterocycles. The summed E-state index contributed by atoms with van der Waals surface area (Å²) in [5.74, 6) is -4.02. The molecule has 8 heteroatoms. The summed E-state index contributed by atoms with van der Waals surface area (Å²) < 4.78 is 65.3. The van der Waals surface area contributed by atoms with E-state index in [-0.39, 0.29) is 18.5 Å². The molecule has 1 fully saturated rings. The van der Waals surface area contributed by atoms with Crippen molar-refractivity contribution in [3.63, 3.8) is 0 Å². The van der Waals surface area contributed by atoms with Crippen molar-refractivity contribution in [3.05, 3.63) is 29.6 Å². The smallest absolute Gasteiger partial charge is 0.243 e. The fourth-order valence-electron chi connectivity index (χ4n) is 2.11. The second-order valence-corrected chi connectivity index (χ2v) is 6.50. The minimum Gasteiger partial charge on any atom is -0.316 e. The Kier molecular flexibility index (Phi) is 4.66. The maximum atomic E-state index is 13.5. The normalized spacial score (nSPS) is 20.1. The van der Waals surface area contributed by atoms with Gasteiger partial charge < -0.3 is 5.32 Å². The summed E-state index contributed by atoms with van der Waals surface area (Å²) in [4.78, 5) is -0.875. The van der Waals surface area contributed by atoms with Gasteiger partial charge >= 0.3 is 0 Å². The number of piperidine rings is 1. The number of hydrogen-bond acceptors (Lipinski definition) is 3. The second-order valence-electron chi connectivity index (χ2n) is 4.76. The molecule has 4 nitrogen and oxygen atoms in total. The van der Waals surface area contributed by atoms with Crippen LogP contribution in [0, 0.1) is 23.4 Å². The highest BCUT2D eigenvalue weighted by atomic mass is 32.2. The third kappa shape index (κ3) is 3.50. The highest BCUT2D eigenvalue weighted by Gasteiger charge is 2.23. The Morgan fingerprint density at radius 3 is 2.55 bits per heavy atom. The minimum absolute atomic E-state index is 0.104. The van der Waals surface area contributed by atoms with Gasteiger partial charge in [0.25, 0.3) is 0 Å². The number of halogens is 3. The van der Waals surface area contributed by atoms with Gasteiger partial charge in [-0.3, -0.25) is 0 Å². The standard InChI is InChI=1S/C12H15F3N2O2S/c13-9-4-11(15)12(5-10(9)14)20(18,19)17-7-8-2-1-3-16-6-8/h4-5,8,16-17H,1-3,6-7H2. The van der Waals surface area contributed by atoms with Gasteiger partial charge in [0.2, 0.25) is 10.0 Å². The van der Waals surface area contributed by atoms with Crippen molar-refractivity contribution < 1.29 is 21.6 Å². The molecule has 1 aromatic carbocycles. The predicted octanol–water partition coefficient (Wildman–Crippen LogP) is 1.38. The molecule has 1 aliphatic heterocycles. The Balaban J connectivity index is 2.11.